The molecule has 2 heterocycles. The lowest BCUT2D eigenvalue weighted by Crippen LogP contribution is -2.13. The van der Waals surface area contributed by atoms with Crippen LogP contribution in [0.2, 0.25) is 0 Å². The highest BCUT2D eigenvalue weighted by Gasteiger charge is 2.15. The minimum atomic E-state index is -3.91. The van der Waals surface area contributed by atoms with Gasteiger partial charge >= 0.3 is 0 Å². The number of aromatic nitrogens is 4. The molecule has 2 aromatic rings. The molecule has 86 valence electrons. The molecule has 0 unspecified atom stereocenters. The van der Waals surface area contributed by atoms with Crippen molar-refractivity contribution in [3.63, 3.8) is 0 Å². The minimum absolute atomic E-state index is 0.0958. The third-order valence-electron chi connectivity index (χ3n) is 1.86. The van der Waals surface area contributed by atoms with E-state index in [2.05, 4.69) is 20.2 Å². The maximum Gasteiger partial charge on any atom is 0.273 e. The zero-order chi connectivity index (χ0) is 12.5. The Labute approximate surface area is 96.2 Å². The van der Waals surface area contributed by atoms with Crippen molar-refractivity contribution in [2.24, 2.45) is 5.14 Å². The Bertz CT molecular complexity index is 682. The third-order valence-corrected chi connectivity index (χ3v) is 2.58. The number of aromatic amines is 1. The number of hydrogen-bond donors (Lipinski definition) is 2. The molecule has 0 atom stereocenters. The van der Waals surface area contributed by atoms with Crippen molar-refractivity contribution >= 4 is 10.0 Å². The minimum Gasteiger partial charge on any atom is -0.251 e. The van der Waals surface area contributed by atoms with E-state index in [0.717, 1.165) is 0 Å². The van der Waals surface area contributed by atoms with Gasteiger partial charge in [-0.25, -0.2) is 18.7 Å². The van der Waals surface area contributed by atoms with Crippen LogP contribution < -0.4 is 5.14 Å². The summed E-state index contributed by atoms with van der Waals surface area (Å²) in [7, 11) is -3.91. The number of pyridine rings is 1. The van der Waals surface area contributed by atoms with Gasteiger partial charge in [-0.2, -0.15) is 15.3 Å². The van der Waals surface area contributed by atoms with Crippen LogP contribution in [0.25, 0.3) is 11.5 Å². The monoisotopic (exact) mass is 250 g/mol. The van der Waals surface area contributed by atoms with Crippen LogP contribution in [0, 0.1) is 11.3 Å². The number of nitrogens with one attached hydrogen (secondary N) is 1. The van der Waals surface area contributed by atoms with Crippen LogP contribution in [0.15, 0.2) is 23.5 Å². The van der Waals surface area contributed by atoms with Crippen LogP contribution in [-0.4, -0.2) is 28.6 Å². The second-order valence-corrected chi connectivity index (χ2v) is 4.53. The highest BCUT2D eigenvalue weighted by atomic mass is 32.2. The molecule has 0 aliphatic carbocycles. The van der Waals surface area contributed by atoms with Crippen molar-refractivity contribution in [1.29, 1.82) is 5.26 Å². The smallest absolute Gasteiger partial charge is 0.251 e. The molecule has 0 saturated heterocycles. The Morgan fingerprint density at radius 2 is 2.18 bits per heavy atom. The summed E-state index contributed by atoms with van der Waals surface area (Å²) in [4.78, 5) is 7.59. The molecule has 0 amide bonds. The van der Waals surface area contributed by atoms with E-state index in [9.17, 15) is 8.42 Å². The van der Waals surface area contributed by atoms with E-state index in [4.69, 9.17) is 10.4 Å². The van der Waals surface area contributed by atoms with Crippen molar-refractivity contribution in [1.82, 2.24) is 20.2 Å². The number of nitrogens with two attached hydrogens (primary N) is 1. The van der Waals surface area contributed by atoms with Crippen molar-refractivity contribution in [3.05, 3.63) is 23.9 Å². The van der Waals surface area contributed by atoms with Crippen LogP contribution in [0.4, 0.5) is 0 Å². The molecule has 2 rings (SSSR count). The standard InChI is InChI=1S/C8H6N6O2S/c9-3-5-1-2-6(11-4-5)7-12-8(14-13-7)17(10,15)16/h1-2,4H,(H2,10,15,16)(H,12,13,14). The van der Waals surface area contributed by atoms with Crippen molar-refractivity contribution < 1.29 is 8.42 Å². The van der Waals surface area contributed by atoms with Crippen LogP contribution in [0.1, 0.15) is 5.56 Å². The van der Waals surface area contributed by atoms with Gasteiger partial charge in [-0.3, -0.25) is 4.98 Å². The highest BCUT2D eigenvalue weighted by molar-refractivity contribution is 7.89. The summed E-state index contributed by atoms with van der Waals surface area (Å²) in [5.74, 6) is 0.0958. The number of nitriles is 1. The van der Waals surface area contributed by atoms with Crippen LogP contribution in [0.3, 0.4) is 0 Å². The maximum atomic E-state index is 11.0. The fourth-order valence-corrected chi connectivity index (χ4v) is 1.47. The zero-order valence-electron chi connectivity index (χ0n) is 8.32. The molecule has 2 aromatic heterocycles. The lowest BCUT2D eigenvalue weighted by molar-refractivity contribution is 0.589. The van der Waals surface area contributed by atoms with Gasteiger partial charge in [-0.15, -0.1) is 0 Å². The van der Waals surface area contributed by atoms with E-state index in [1.807, 2.05) is 6.07 Å². The fraction of sp³-hybridized carbons (Fsp3) is 0. The van der Waals surface area contributed by atoms with E-state index < -0.39 is 15.2 Å². The van der Waals surface area contributed by atoms with Gasteiger partial charge < -0.3 is 0 Å². The summed E-state index contributed by atoms with van der Waals surface area (Å²) in [5.41, 5.74) is 0.728. The highest BCUT2D eigenvalue weighted by Crippen LogP contribution is 2.12. The first-order valence-corrected chi connectivity index (χ1v) is 5.87. The molecule has 0 fully saturated rings. The normalized spacial score (nSPS) is 11.1. The molecular formula is C8H6N6O2S. The summed E-state index contributed by atoms with van der Waals surface area (Å²) >= 11 is 0. The summed E-state index contributed by atoms with van der Waals surface area (Å²) in [6.07, 6.45) is 1.34. The largest absolute Gasteiger partial charge is 0.273 e. The Hall–Kier alpha value is -2.31. The van der Waals surface area contributed by atoms with E-state index in [0.29, 0.717) is 11.3 Å². The molecule has 0 radical (unpaired) electrons. The molecular weight excluding hydrogens is 244 g/mol. The number of sulfonamides is 1. The Balaban J connectivity index is 2.41. The van der Waals surface area contributed by atoms with Crippen LogP contribution >= 0.6 is 0 Å². The van der Waals surface area contributed by atoms with E-state index in [1.54, 1.807) is 0 Å². The number of hydrogen-bond acceptors (Lipinski definition) is 6. The van der Waals surface area contributed by atoms with Gasteiger partial charge in [-0.1, -0.05) is 0 Å². The average Bonchev–Trinajstić information content (AvgIpc) is 2.78. The lowest BCUT2D eigenvalue weighted by Gasteiger charge is -1.92. The summed E-state index contributed by atoms with van der Waals surface area (Å²) < 4.78 is 21.9. The molecule has 9 heteroatoms. The first-order valence-electron chi connectivity index (χ1n) is 4.32. The van der Waals surface area contributed by atoms with Gasteiger partial charge in [0.25, 0.3) is 15.2 Å². The number of H-pyrrole nitrogens is 1. The maximum absolute atomic E-state index is 11.0. The van der Waals surface area contributed by atoms with Gasteiger partial charge in [0.2, 0.25) is 5.82 Å². The topological polar surface area (TPSA) is 138 Å². The Morgan fingerprint density at radius 3 is 2.65 bits per heavy atom. The first kappa shape index (κ1) is 11.2. The Kier molecular flexibility index (Phi) is 2.58. The van der Waals surface area contributed by atoms with Crippen molar-refractivity contribution in [2.45, 2.75) is 5.16 Å². The summed E-state index contributed by atoms with van der Waals surface area (Å²) in [6, 6.07) is 4.94. The fourth-order valence-electron chi connectivity index (χ4n) is 1.08. The number of primary sulfonamides is 1. The molecule has 3 N–H and O–H groups in total. The zero-order valence-corrected chi connectivity index (χ0v) is 9.14. The Morgan fingerprint density at radius 1 is 1.41 bits per heavy atom. The first-order chi connectivity index (χ1) is 8.00. The second-order valence-electron chi connectivity index (χ2n) is 3.05. The van der Waals surface area contributed by atoms with E-state index in [1.165, 1.54) is 18.3 Å². The predicted molar refractivity (Wildman–Crippen MR) is 55.7 cm³/mol. The van der Waals surface area contributed by atoms with Crippen molar-refractivity contribution in [3.8, 4) is 17.6 Å². The van der Waals surface area contributed by atoms with Gasteiger partial charge in [-0.05, 0) is 12.1 Å². The number of rotatable bonds is 2. The van der Waals surface area contributed by atoms with Gasteiger partial charge in [0, 0.05) is 6.20 Å². The predicted octanol–water partition coefficient (Wildman–Crippen LogP) is -0.614. The second kappa shape index (κ2) is 3.93. The molecule has 0 bridgehead atoms. The van der Waals surface area contributed by atoms with Gasteiger partial charge in [0.05, 0.1) is 5.56 Å². The summed E-state index contributed by atoms with van der Waals surface area (Å²) in [6.45, 7) is 0. The van der Waals surface area contributed by atoms with Gasteiger partial charge in [0.15, 0.2) is 0 Å². The van der Waals surface area contributed by atoms with Gasteiger partial charge in [0.1, 0.15) is 11.8 Å². The molecule has 0 aliphatic rings. The van der Waals surface area contributed by atoms with Crippen LogP contribution in [-0.2, 0) is 10.0 Å². The quantitative estimate of drug-likeness (QED) is 0.728. The lowest BCUT2D eigenvalue weighted by atomic mass is 10.2. The number of nitrogens with zero attached hydrogens (tertiary/aromatic N) is 4. The van der Waals surface area contributed by atoms with Crippen molar-refractivity contribution in [2.75, 3.05) is 0 Å². The molecule has 0 aliphatic heterocycles. The average molecular weight is 250 g/mol. The molecule has 0 saturated carbocycles. The summed E-state index contributed by atoms with van der Waals surface area (Å²) in [5, 5.41) is 18.9. The van der Waals surface area contributed by atoms with E-state index >= 15 is 0 Å². The third kappa shape index (κ3) is 2.27. The SMILES string of the molecule is N#Cc1ccc(-c2n[nH]c(S(N)(=O)=O)n2)nc1. The molecule has 0 spiro atoms. The molecule has 0 aromatic carbocycles. The van der Waals surface area contributed by atoms with E-state index in [-0.39, 0.29) is 5.82 Å². The van der Waals surface area contributed by atoms with Crippen LogP contribution in [0.5, 0.6) is 0 Å². The molecule has 8 nitrogen and oxygen atoms in total. The molecule has 17 heavy (non-hydrogen) atoms.